The van der Waals surface area contributed by atoms with Gasteiger partial charge in [-0.1, -0.05) is 0 Å². The molecule has 0 saturated heterocycles. The Morgan fingerprint density at radius 3 is 2.26 bits per heavy atom. The molecule has 0 aliphatic heterocycles. The Labute approximate surface area is 178 Å². The third kappa shape index (κ3) is 5.44. The second-order valence-corrected chi connectivity index (χ2v) is 7.80. The molecule has 1 heterocycles. The molecule has 162 valence electrons. The first kappa shape index (κ1) is 21.9. The van der Waals surface area contributed by atoms with Crippen molar-refractivity contribution in [1.82, 2.24) is 9.78 Å². The molecular formula is C22H22F2N4O3. The second-order valence-electron chi connectivity index (χ2n) is 7.80. The number of carbonyl (C=O) groups excluding carboxylic acids is 2. The summed E-state index contributed by atoms with van der Waals surface area (Å²) in [5, 5.41) is 9.27. The first-order valence-electron chi connectivity index (χ1n) is 9.45. The van der Waals surface area contributed by atoms with Gasteiger partial charge in [0.25, 0.3) is 5.91 Å². The minimum atomic E-state index is -0.741. The Balaban J connectivity index is 1.83. The molecule has 0 aliphatic carbocycles. The number of benzene rings is 2. The third-order valence-electron chi connectivity index (χ3n) is 4.19. The van der Waals surface area contributed by atoms with Crippen LogP contribution in [0.15, 0.2) is 48.7 Å². The smallest absolute Gasteiger partial charge is 0.412 e. The van der Waals surface area contributed by atoms with Crippen LogP contribution in [0.3, 0.4) is 0 Å². The number of rotatable bonds is 4. The summed E-state index contributed by atoms with van der Waals surface area (Å²) in [5.74, 6) is -1.53. The zero-order chi connectivity index (χ0) is 22.8. The average molecular weight is 428 g/mol. The van der Waals surface area contributed by atoms with Crippen molar-refractivity contribution in [2.24, 2.45) is 0 Å². The lowest BCUT2D eigenvalue weighted by atomic mass is 10.2. The highest BCUT2D eigenvalue weighted by Gasteiger charge is 2.20. The predicted molar refractivity (Wildman–Crippen MR) is 112 cm³/mol. The summed E-state index contributed by atoms with van der Waals surface area (Å²) in [7, 11) is 0. The van der Waals surface area contributed by atoms with Gasteiger partial charge >= 0.3 is 6.09 Å². The van der Waals surface area contributed by atoms with E-state index in [0.717, 1.165) is 12.1 Å². The number of aromatic nitrogens is 2. The molecule has 0 fully saturated rings. The highest BCUT2D eigenvalue weighted by atomic mass is 19.1. The maximum Gasteiger partial charge on any atom is 0.412 e. The summed E-state index contributed by atoms with van der Waals surface area (Å²) in [6.07, 6.45) is 0.615. The van der Waals surface area contributed by atoms with E-state index in [9.17, 15) is 18.4 Å². The molecule has 1 aromatic heterocycles. The van der Waals surface area contributed by atoms with Gasteiger partial charge < -0.3 is 10.1 Å². The van der Waals surface area contributed by atoms with Crippen molar-refractivity contribution in [1.29, 1.82) is 0 Å². The molecule has 9 heteroatoms. The normalized spacial score (nSPS) is 11.2. The highest BCUT2D eigenvalue weighted by Crippen LogP contribution is 2.25. The van der Waals surface area contributed by atoms with Gasteiger partial charge in [0, 0.05) is 0 Å². The monoisotopic (exact) mass is 428 g/mol. The number of carbonyl (C=O) groups is 2. The van der Waals surface area contributed by atoms with Crippen molar-refractivity contribution in [3.8, 4) is 5.69 Å². The van der Waals surface area contributed by atoms with Crippen LogP contribution in [0.5, 0.6) is 0 Å². The molecule has 0 atom stereocenters. The number of anilines is 2. The number of amides is 2. The van der Waals surface area contributed by atoms with E-state index in [1.807, 2.05) is 0 Å². The standard InChI is InChI=1S/C22H22F2N4O3/c1-13-17(12-25-28(13)16-8-5-14(23)6-9-16)20(29)26-19-11-15(24)7-10-18(19)27-21(30)31-22(2,3)4/h5-12H,1-4H3,(H,26,29)(H,27,30). The van der Waals surface area contributed by atoms with Crippen LogP contribution < -0.4 is 10.6 Å². The van der Waals surface area contributed by atoms with E-state index in [0.29, 0.717) is 11.4 Å². The molecule has 2 amide bonds. The zero-order valence-electron chi connectivity index (χ0n) is 17.5. The molecule has 3 rings (SSSR count). The fraction of sp³-hybridized carbons (Fsp3) is 0.227. The van der Waals surface area contributed by atoms with Gasteiger partial charge in [-0.15, -0.1) is 0 Å². The number of hydrogen-bond donors (Lipinski definition) is 2. The summed E-state index contributed by atoms with van der Waals surface area (Å²) in [6.45, 7) is 6.81. The van der Waals surface area contributed by atoms with Crippen molar-refractivity contribution in [2.45, 2.75) is 33.3 Å². The minimum absolute atomic E-state index is 0.0600. The Kier molecular flexibility index (Phi) is 6.05. The van der Waals surface area contributed by atoms with Crippen LogP contribution in [-0.4, -0.2) is 27.4 Å². The Morgan fingerprint density at radius 1 is 0.968 bits per heavy atom. The molecule has 0 spiro atoms. The molecule has 3 aromatic rings. The lowest BCUT2D eigenvalue weighted by molar-refractivity contribution is 0.0635. The summed E-state index contributed by atoms with van der Waals surface area (Å²) < 4.78 is 33.7. The Morgan fingerprint density at radius 2 is 1.61 bits per heavy atom. The summed E-state index contributed by atoms with van der Waals surface area (Å²) in [4.78, 5) is 24.9. The minimum Gasteiger partial charge on any atom is -0.444 e. The van der Waals surface area contributed by atoms with Crippen LogP contribution in [0.1, 0.15) is 36.8 Å². The van der Waals surface area contributed by atoms with Gasteiger partial charge in [-0.3, -0.25) is 10.1 Å². The molecule has 2 N–H and O–H groups in total. The highest BCUT2D eigenvalue weighted by molar-refractivity contribution is 6.07. The quantitative estimate of drug-likeness (QED) is 0.608. The SMILES string of the molecule is Cc1c(C(=O)Nc2cc(F)ccc2NC(=O)OC(C)(C)C)cnn1-c1ccc(F)cc1. The molecule has 0 bridgehead atoms. The largest absolute Gasteiger partial charge is 0.444 e. The zero-order valence-corrected chi connectivity index (χ0v) is 17.5. The van der Waals surface area contributed by atoms with Gasteiger partial charge in [0.1, 0.15) is 17.2 Å². The first-order chi connectivity index (χ1) is 14.5. The van der Waals surface area contributed by atoms with Crippen LogP contribution >= 0.6 is 0 Å². The van der Waals surface area contributed by atoms with E-state index in [2.05, 4.69) is 15.7 Å². The van der Waals surface area contributed by atoms with Crippen molar-refractivity contribution in [3.05, 3.63) is 71.6 Å². The van der Waals surface area contributed by atoms with Crippen molar-refractivity contribution in [3.63, 3.8) is 0 Å². The lowest BCUT2D eigenvalue weighted by Crippen LogP contribution is -2.27. The van der Waals surface area contributed by atoms with Crippen molar-refractivity contribution < 1.29 is 23.1 Å². The Hall–Kier alpha value is -3.75. The molecule has 7 nitrogen and oxygen atoms in total. The third-order valence-corrected chi connectivity index (χ3v) is 4.19. The number of nitrogens with one attached hydrogen (secondary N) is 2. The van der Waals surface area contributed by atoms with Gasteiger partial charge in [0.2, 0.25) is 0 Å². The summed E-state index contributed by atoms with van der Waals surface area (Å²) in [6, 6.07) is 9.21. The summed E-state index contributed by atoms with van der Waals surface area (Å²) in [5.41, 5.74) is 0.826. The van der Waals surface area contributed by atoms with Gasteiger partial charge in [-0.05, 0) is 70.2 Å². The topological polar surface area (TPSA) is 85.2 Å². The van der Waals surface area contributed by atoms with E-state index in [1.54, 1.807) is 27.7 Å². The molecular weight excluding hydrogens is 406 g/mol. The number of ether oxygens (including phenoxy) is 1. The number of halogens is 2. The second kappa shape index (κ2) is 8.55. The lowest BCUT2D eigenvalue weighted by Gasteiger charge is -2.20. The Bertz CT molecular complexity index is 1120. The molecule has 0 radical (unpaired) electrons. The van der Waals surface area contributed by atoms with Crippen molar-refractivity contribution in [2.75, 3.05) is 10.6 Å². The van der Waals surface area contributed by atoms with Crippen LogP contribution in [0, 0.1) is 18.6 Å². The molecule has 2 aromatic carbocycles. The van der Waals surface area contributed by atoms with Gasteiger partial charge in [-0.2, -0.15) is 5.10 Å². The fourth-order valence-corrected chi connectivity index (χ4v) is 2.81. The summed E-state index contributed by atoms with van der Waals surface area (Å²) >= 11 is 0. The maximum atomic E-state index is 13.8. The van der Waals surface area contributed by atoms with E-state index in [4.69, 9.17) is 4.74 Å². The van der Waals surface area contributed by atoms with Crippen molar-refractivity contribution >= 4 is 23.4 Å². The van der Waals surface area contributed by atoms with Gasteiger partial charge in [0.15, 0.2) is 0 Å². The number of hydrogen-bond acceptors (Lipinski definition) is 4. The van der Waals surface area contributed by atoms with E-state index >= 15 is 0 Å². The van der Waals surface area contributed by atoms with Crippen LogP contribution in [0.25, 0.3) is 5.69 Å². The van der Waals surface area contributed by atoms with Crippen LogP contribution in [0.4, 0.5) is 25.0 Å². The van der Waals surface area contributed by atoms with Crippen LogP contribution in [0.2, 0.25) is 0 Å². The van der Waals surface area contributed by atoms with E-state index in [1.165, 1.54) is 41.2 Å². The van der Waals surface area contributed by atoms with Gasteiger partial charge in [0.05, 0.1) is 34.5 Å². The van der Waals surface area contributed by atoms with E-state index < -0.39 is 23.4 Å². The van der Waals surface area contributed by atoms with Crippen LogP contribution in [-0.2, 0) is 4.74 Å². The molecule has 0 aliphatic rings. The fourth-order valence-electron chi connectivity index (χ4n) is 2.81. The molecule has 0 saturated carbocycles. The molecule has 0 unspecified atom stereocenters. The number of nitrogens with zero attached hydrogens (tertiary/aromatic N) is 2. The average Bonchev–Trinajstić information content (AvgIpc) is 3.04. The van der Waals surface area contributed by atoms with E-state index in [-0.39, 0.29) is 22.8 Å². The van der Waals surface area contributed by atoms with Gasteiger partial charge in [-0.25, -0.2) is 18.3 Å². The first-order valence-corrected chi connectivity index (χ1v) is 9.45. The molecule has 31 heavy (non-hydrogen) atoms. The predicted octanol–water partition coefficient (Wildman–Crippen LogP) is 5.06. The maximum absolute atomic E-state index is 13.8.